The molecule has 3 aromatic rings. The SMILES string of the molecule is Cn1ccc2cc(C(O)CNC(=O)c3cccs3)ccc21. The normalized spacial score (nSPS) is 12.5. The molecule has 2 aromatic heterocycles. The van der Waals surface area contributed by atoms with Crippen molar-refractivity contribution in [2.24, 2.45) is 7.05 Å². The zero-order valence-corrected chi connectivity index (χ0v) is 12.4. The van der Waals surface area contributed by atoms with Crippen LogP contribution in [0.15, 0.2) is 48.0 Å². The average Bonchev–Trinajstić information content (AvgIpc) is 3.14. The van der Waals surface area contributed by atoms with Crippen LogP contribution in [0.2, 0.25) is 0 Å². The number of hydrogen-bond acceptors (Lipinski definition) is 3. The highest BCUT2D eigenvalue weighted by Crippen LogP contribution is 2.21. The molecule has 1 amide bonds. The van der Waals surface area contributed by atoms with Gasteiger partial charge in [-0.2, -0.15) is 0 Å². The maximum Gasteiger partial charge on any atom is 0.261 e. The maximum atomic E-state index is 11.8. The third kappa shape index (κ3) is 2.84. The van der Waals surface area contributed by atoms with Crippen molar-refractivity contribution in [3.8, 4) is 0 Å². The number of aryl methyl sites for hydroxylation is 1. The molecule has 1 aromatic carbocycles. The predicted molar refractivity (Wildman–Crippen MR) is 84.5 cm³/mol. The first-order valence-electron chi connectivity index (χ1n) is 6.70. The van der Waals surface area contributed by atoms with Crippen LogP contribution >= 0.6 is 11.3 Å². The molecule has 1 unspecified atom stereocenters. The first kappa shape index (κ1) is 13.9. The van der Waals surface area contributed by atoms with E-state index in [-0.39, 0.29) is 12.5 Å². The van der Waals surface area contributed by atoms with Gasteiger partial charge in [0, 0.05) is 25.3 Å². The number of nitrogens with one attached hydrogen (secondary N) is 1. The number of aliphatic hydroxyl groups is 1. The first-order chi connectivity index (χ1) is 10.1. The number of benzene rings is 1. The molecule has 0 fully saturated rings. The van der Waals surface area contributed by atoms with Gasteiger partial charge in [0.05, 0.1) is 11.0 Å². The number of hydrogen-bond donors (Lipinski definition) is 2. The van der Waals surface area contributed by atoms with Crippen LogP contribution in [0.3, 0.4) is 0 Å². The molecule has 1 atom stereocenters. The number of amides is 1. The van der Waals surface area contributed by atoms with Crippen LogP contribution in [0.25, 0.3) is 10.9 Å². The van der Waals surface area contributed by atoms with Crippen LogP contribution in [0.1, 0.15) is 21.3 Å². The molecular formula is C16H16N2O2S. The molecule has 0 saturated heterocycles. The Morgan fingerprint density at radius 1 is 1.38 bits per heavy atom. The van der Waals surface area contributed by atoms with Crippen molar-refractivity contribution in [1.29, 1.82) is 0 Å². The lowest BCUT2D eigenvalue weighted by Crippen LogP contribution is -2.27. The summed E-state index contributed by atoms with van der Waals surface area (Å²) in [5.74, 6) is -0.148. The van der Waals surface area contributed by atoms with Crippen LogP contribution in [-0.4, -0.2) is 22.1 Å². The number of carbonyl (C=O) groups excluding carboxylic acids is 1. The lowest BCUT2D eigenvalue weighted by molar-refractivity contribution is 0.0920. The number of nitrogens with zero attached hydrogens (tertiary/aromatic N) is 1. The summed E-state index contributed by atoms with van der Waals surface area (Å²) in [4.78, 5) is 12.5. The molecular weight excluding hydrogens is 284 g/mol. The molecule has 108 valence electrons. The van der Waals surface area contributed by atoms with Crippen molar-refractivity contribution in [1.82, 2.24) is 9.88 Å². The van der Waals surface area contributed by atoms with Crippen molar-refractivity contribution in [3.63, 3.8) is 0 Å². The van der Waals surface area contributed by atoms with Crippen LogP contribution < -0.4 is 5.32 Å². The van der Waals surface area contributed by atoms with Crippen LogP contribution in [0.4, 0.5) is 0 Å². The lowest BCUT2D eigenvalue weighted by Gasteiger charge is -2.12. The summed E-state index contributed by atoms with van der Waals surface area (Å²) in [6.45, 7) is 0.203. The quantitative estimate of drug-likeness (QED) is 0.778. The van der Waals surface area contributed by atoms with Crippen LogP contribution in [-0.2, 0) is 7.05 Å². The zero-order valence-electron chi connectivity index (χ0n) is 11.6. The number of thiophene rings is 1. The summed E-state index contributed by atoms with van der Waals surface area (Å²) in [7, 11) is 1.99. The standard InChI is InChI=1S/C16H16N2O2S/c1-18-7-6-11-9-12(4-5-13(11)18)14(19)10-17-16(20)15-3-2-8-21-15/h2-9,14,19H,10H2,1H3,(H,17,20). The fraction of sp³-hybridized carbons (Fsp3) is 0.188. The van der Waals surface area contributed by atoms with E-state index < -0.39 is 6.10 Å². The third-order valence-corrected chi connectivity index (χ3v) is 4.36. The molecule has 0 aliphatic heterocycles. The molecule has 4 nitrogen and oxygen atoms in total. The minimum absolute atomic E-state index is 0.148. The van der Waals surface area contributed by atoms with E-state index in [2.05, 4.69) is 5.32 Å². The van der Waals surface area contributed by atoms with Crippen molar-refractivity contribution in [2.45, 2.75) is 6.10 Å². The Bertz CT molecular complexity index is 762. The van der Waals surface area contributed by atoms with E-state index in [0.29, 0.717) is 4.88 Å². The highest BCUT2D eigenvalue weighted by atomic mass is 32.1. The van der Waals surface area contributed by atoms with E-state index in [1.807, 2.05) is 53.5 Å². The second-order valence-corrected chi connectivity index (χ2v) is 5.90. The van der Waals surface area contributed by atoms with E-state index in [1.165, 1.54) is 11.3 Å². The summed E-state index contributed by atoms with van der Waals surface area (Å²) >= 11 is 1.39. The summed E-state index contributed by atoms with van der Waals surface area (Å²) < 4.78 is 2.03. The smallest absolute Gasteiger partial charge is 0.261 e. The Labute approximate surface area is 126 Å². The summed E-state index contributed by atoms with van der Waals surface area (Å²) in [5, 5.41) is 15.9. The monoisotopic (exact) mass is 300 g/mol. The average molecular weight is 300 g/mol. The van der Waals surface area contributed by atoms with Gasteiger partial charge in [-0.15, -0.1) is 11.3 Å². The zero-order chi connectivity index (χ0) is 14.8. The van der Waals surface area contributed by atoms with Crippen LogP contribution in [0, 0.1) is 0 Å². The fourth-order valence-electron chi connectivity index (χ4n) is 2.31. The molecule has 0 aliphatic rings. The molecule has 0 aliphatic carbocycles. The van der Waals surface area contributed by atoms with Crippen molar-refractivity contribution in [3.05, 3.63) is 58.4 Å². The van der Waals surface area contributed by atoms with Gasteiger partial charge in [-0.3, -0.25) is 4.79 Å². The van der Waals surface area contributed by atoms with E-state index >= 15 is 0 Å². The number of carbonyl (C=O) groups is 1. The van der Waals surface area contributed by atoms with Gasteiger partial charge in [-0.25, -0.2) is 0 Å². The van der Waals surface area contributed by atoms with Gasteiger partial charge >= 0.3 is 0 Å². The molecule has 21 heavy (non-hydrogen) atoms. The maximum absolute atomic E-state index is 11.8. The Kier molecular flexibility index (Phi) is 3.77. The molecule has 0 spiro atoms. The molecule has 3 rings (SSSR count). The topological polar surface area (TPSA) is 54.3 Å². The third-order valence-electron chi connectivity index (χ3n) is 3.49. The number of fused-ring (bicyclic) bond motifs is 1. The molecule has 0 radical (unpaired) electrons. The molecule has 0 bridgehead atoms. The number of rotatable bonds is 4. The minimum atomic E-state index is -0.710. The summed E-state index contributed by atoms with van der Waals surface area (Å²) in [6, 6.07) is 11.4. The highest BCUT2D eigenvalue weighted by Gasteiger charge is 2.12. The van der Waals surface area contributed by atoms with E-state index in [1.54, 1.807) is 6.07 Å². The first-order valence-corrected chi connectivity index (χ1v) is 7.58. The molecule has 0 saturated carbocycles. The highest BCUT2D eigenvalue weighted by molar-refractivity contribution is 7.12. The Morgan fingerprint density at radius 2 is 2.24 bits per heavy atom. The van der Waals surface area contributed by atoms with Gasteiger partial charge in [-0.1, -0.05) is 12.1 Å². The van der Waals surface area contributed by atoms with E-state index in [0.717, 1.165) is 16.5 Å². The van der Waals surface area contributed by atoms with E-state index in [9.17, 15) is 9.90 Å². The molecule has 2 heterocycles. The number of aromatic nitrogens is 1. The second-order valence-electron chi connectivity index (χ2n) is 4.95. The molecule has 2 N–H and O–H groups in total. The fourth-order valence-corrected chi connectivity index (χ4v) is 2.95. The van der Waals surface area contributed by atoms with E-state index in [4.69, 9.17) is 0 Å². The predicted octanol–water partition coefficient (Wildman–Crippen LogP) is 2.70. The largest absolute Gasteiger partial charge is 0.387 e. The minimum Gasteiger partial charge on any atom is -0.387 e. The van der Waals surface area contributed by atoms with Crippen LogP contribution in [0.5, 0.6) is 0 Å². The molecule has 5 heteroatoms. The van der Waals surface area contributed by atoms with Gasteiger partial charge < -0.3 is 15.0 Å². The van der Waals surface area contributed by atoms with Gasteiger partial charge in [0.2, 0.25) is 0 Å². The number of aliphatic hydroxyl groups excluding tert-OH is 1. The lowest BCUT2D eigenvalue weighted by atomic mass is 10.1. The van der Waals surface area contributed by atoms with Gasteiger partial charge in [-0.05, 0) is 40.6 Å². The summed E-state index contributed by atoms with van der Waals surface area (Å²) in [6.07, 6.45) is 1.28. The van der Waals surface area contributed by atoms with Crippen molar-refractivity contribution >= 4 is 28.1 Å². The van der Waals surface area contributed by atoms with Crippen molar-refractivity contribution < 1.29 is 9.90 Å². The Hall–Kier alpha value is -2.11. The van der Waals surface area contributed by atoms with Gasteiger partial charge in [0.25, 0.3) is 5.91 Å². The Balaban J connectivity index is 1.69. The second kappa shape index (κ2) is 5.71. The van der Waals surface area contributed by atoms with Crippen molar-refractivity contribution in [2.75, 3.05) is 6.54 Å². The van der Waals surface area contributed by atoms with Gasteiger partial charge in [0.1, 0.15) is 0 Å². The van der Waals surface area contributed by atoms with Gasteiger partial charge in [0.15, 0.2) is 0 Å². The summed E-state index contributed by atoms with van der Waals surface area (Å²) in [5.41, 5.74) is 1.92. The Morgan fingerprint density at radius 3 is 3.00 bits per heavy atom.